The predicted octanol–water partition coefficient (Wildman–Crippen LogP) is 3.54. The number of benzene rings is 1. The van der Waals surface area contributed by atoms with Gasteiger partial charge in [0.15, 0.2) is 5.16 Å². The van der Waals surface area contributed by atoms with Crippen LogP contribution in [-0.2, 0) is 4.74 Å². The van der Waals surface area contributed by atoms with E-state index in [-0.39, 0.29) is 27.1 Å². The third-order valence-corrected chi connectivity index (χ3v) is 3.89. The van der Waals surface area contributed by atoms with E-state index in [9.17, 15) is 9.59 Å². The lowest BCUT2D eigenvalue weighted by Gasteiger charge is -2.11. The van der Waals surface area contributed by atoms with Crippen molar-refractivity contribution in [2.45, 2.75) is 5.16 Å². The van der Waals surface area contributed by atoms with E-state index in [1.807, 2.05) is 0 Å². The van der Waals surface area contributed by atoms with Crippen molar-refractivity contribution in [2.75, 3.05) is 18.7 Å². The molecule has 0 bridgehead atoms. The number of nitrogens with zero attached hydrogens (tertiary/aromatic N) is 2. The molecule has 1 aromatic heterocycles. The van der Waals surface area contributed by atoms with Gasteiger partial charge in [0.1, 0.15) is 15.9 Å². The van der Waals surface area contributed by atoms with Gasteiger partial charge in [0.2, 0.25) is 0 Å². The molecule has 2 aromatic rings. The molecule has 1 N–H and O–H groups in total. The number of rotatable bonds is 4. The Kier molecular flexibility index (Phi) is 5.81. The van der Waals surface area contributed by atoms with E-state index in [0.717, 1.165) is 0 Å². The Labute approximate surface area is 146 Å². The van der Waals surface area contributed by atoms with Crippen LogP contribution in [0, 0.1) is 0 Å². The van der Waals surface area contributed by atoms with Gasteiger partial charge in [-0.05, 0) is 18.4 Å². The number of nitrogens with one attached hydrogen (secondary N) is 1. The van der Waals surface area contributed by atoms with E-state index >= 15 is 0 Å². The molecule has 0 radical (unpaired) electrons. The lowest BCUT2D eigenvalue weighted by Crippen LogP contribution is -2.17. The van der Waals surface area contributed by atoms with Crippen molar-refractivity contribution in [1.29, 1.82) is 0 Å². The molecule has 1 heterocycles. The summed E-state index contributed by atoms with van der Waals surface area (Å²) in [6.45, 7) is 0. The normalized spacial score (nSPS) is 10.3. The average Bonchev–Trinajstić information content (AvgIpc) is 2.53. The molecule has 0 aliphatic heterocycles. The minimum absolute atomic E-state index is 0.0641. The lowest BCUT2D eigenvalue weighted by molar-refractivity contribution is 0.0602. The molecule has 1 aromatic carbocycles. The number of ether oxygens (including phenoxy) is 1. The third kappa shape index (κ3) is 3.93. The van der Waals surface area contributed by atoms with Crippen molar-refractivity contribution in [3.63, 3.8) is 0 Å². The number of carbonyl (C=O) groups excluding carboxylic acids is 2. The zero-order valence-electron chi connectivity index (χ0n) is 12.1. The second-order valence-corrected chi connectivity index (χ2v) is 5.65. The molecule has 0 saturated heterocycles. The second-order valence-electron chi connectivity index (χ2n) is 4.16. The Morgan fingerprint density at radius 2 is 1.78 bits per heavy atom. The van der Waals surface area contributed by atoms with Gasteiger partial charge in [0.25, 0.3) is 5.91 Å². The first-order valence-corrected chi connectivity index (χ1v) is 8.21. The van der Waals surface area contributed by atoms with E-state index < -0.39 is 11.9 Å². The molecule has 0 aliphatic carbocycles. The predicted molar refractivity (Wildman–Crippen MR) is 89.6 cm³/mol. The summed E-state index contributed by atoms with van der Waals surface area (Å²) in [4.78, 5) is 32.1. The number of anilines is 1. The molecule has 9 heteroatoms. The number of para-hydroxylation sites is 1. The van der Waals surface area contributed by atoms with Gasteiger partial charge in [-0.3, -0.25) is 4.79 Å². The van der Waals surface area contributed by atoms with Crippen LogP contribution < -0.4 is 5.32 Å². The lowest BCUT2D eigenvalue weighted by atomic mass is 10.1. The van der Waals surface area contributed by atoms with Crippen LogP contribution in [0.3, 0.4) is 0 Å². The van der Waals surface area contributed by atoms with E-state index in [2.05, 4.69) is 20.0 Å². The topological polar surface area (TPSA) is 81.2 Å². The van der Waals surface area contributed by atoms with Crippen LogP contribution in [0.25, 0.3) is 0 Å². The zero-order chi connectivity index (χ0) is 17.0. The molecule has 0 spiro atoms. The van der Waals surface area contributed by atoms with Crippen LogP contribution in [0.5, 0.6) is 0 Å². The van der Waals surface area contributed by atoms with E-state index in [1.54, 1.807) is 24.5 Å². The maximum absolute atomic E-state index is 12.4. The Morgan fingerprint density at radius 3 is 2.35 bits per heavy atom. The summed E-state index contributed by atoms with van der Waals surface area (Å²) >= 11 is 13.3. The molecule has 0 saturated carbocycles. The van der Waals surface area contributed by atoms with Gasteiger partial charge < -0.3 is 10.1 Å². The molecule has 2 rings (SSSR count). The Hall–Kier alpha value is -1.83. The number of hydrogen-bond donors (Lipinski definition) is 1. The van der Waals surface area contributed by atoms with Crippen LogP contribution in [-0.4, -0.2) is 35.2 Å². The van der Waals surface area contributed by atoms with Crippen molar-refractivity contribution in [2.24, 2.45) is 0 Å². The van der Waals surface area contributed by atoms with Gasteiger partial charge >= 0.3 is 5.97 Å². The first kappa shape index (κ1) is 17.5. The first-order valence-electron chi connectivity index (χ1n) is 6.23. The molecule has 23 heavy (non-hydrogen) atoms. The summed E-state index contributed by atoms with van der Waals surface area (Å²) in [5.74, 6) is -1.20. The van der Waals surface area contributed by atoms with Crippen LogP contribution in [0.2, 0.25) is 10.3 Å². The highest BCUT2D eigenvalue weighted by Gasteiger charge is 2.21. The van der Waals surface area contributed by atoms with Crippen molar-refractivity contribution in [1.82, 2.24) is 9.97 Å². The van der Waals surface area contributed by atoms with Gasteiger partial charge in [-0.15, -0.1) is 0 Å². The number of aromatic nitrogens is 2. The minimum atomic E-state index is -0.621. The van der Waals surface area contributed by atoms with E-state index in [0.29, 0.717) is 5.16 Å². The van der Waals surface area contributed by atoms with Crippen LogP contribution >= 0.6 is 35.0 Å². The number of thioether (sulfide) groups is 1. The Bertz CT molecular complexity index is 748. The molecule has 0 unspecified atom stereocenters. The van der Waals surface area contributed by atoms with Crippen LogP contribution in [0.1, 0.15) is 20.7 Å². The van der Waals surface area contributed by atoms with Crippen molar-refractivity contribution in [3.05, 3.63) is 45.7 Å². The van der Waals surface area contributed by atoms with Crippen LogP contribution in [0.15, 0.2) is 29.4 Å². The van der Waals surface area contributed by atoms with Crippen LogP contribution in [0.4, 0.5) is 5.69 Å². The number of halogens is 2. The van der Waals surface area contributed by atoms with E-state index in [1.165, 1.54) is 24.9 Å². The molecule has 0 atom stereocenters. The van der Waals surface area contributed by atoms with Crippen molar-refractivity contribution < 1.29 is 14.3 Å². The summed E-state index contributed by atoms with van der Waals surface area (Å²) in [6.07, 6.45) is 1.76. The van der Waals surface area contributed by atoms with Crippen molar-refractivity contribution in [3.8, 4) is 0 Å². The zero-order valence-corrected chi connectivity index (χ0v) is 14.4. The monoisotopic (exact) mass is 371 g/mol. The summed E-state index contributed by atoms with van der Waals surface area (Å²) in [6, 6.07) is 6.40. The van der Waals surface area contributed by atoms with Gasteiger partial charge in [0, 0.05) is 0 Å². The van der Waals surface area contributed by atoms with Gasteiger partial charge in [0.05, 0.1) is 18.4 Å². The number of carbonyl (C=O) groups is 2. The SMILES string of the molecule is COC(=O)c1ccccc1NC(=O)c1c(Cl)nc(SC)nc1Cl. The number of methoxy groups -OCH3 is 1. The summed E-state index contributed by atoms with van der Waals surface area (Å²) in [5, 5.41) is 2.78. The quantitative estimate of drug-likeness (QED) is 0.383. The number of hydrogen-bond acceptors (Lipinski definition) is 6. The largest absolute Gasteiger partial charge is 0.465 e. The minimum Gasteiger partial charge on any atom is -0.465 e. The molecule has 1 amide bonds. The van der Waals surface area contributed by atoms with Crippen molar-refractivity contribution >= 4 is 52.5 Å². The standard InChI is InChI=1S/C14H11Cl2N3O3S/c1-22-13(21)7-5-3-4-6-8(7)17-12(20)9-10(15)18-14(23-2)19-11(9)16/h3-6H,1-2H3,(H,17,20). The molecule has 120 valence electrons. The first-order chi connectivity index (χ1) is 11.0. The summed E-state index contributed by atoms with van der Waals surface area (Å²) < 4.78 is 4.67. The second kappa shape index (κ2) is 7.63. The Balaban J connectivity index is 2.36. The third-order valence-electron chi connectivity index (χ3n) is 2.79. The fraction of sp³-hybridized carbons (Fsp3) is 0.143. The highest BCUT2D eigenvalue weighted by Crippen LogP contribution is 2.26. The highest BCUT2D eigenvalue weighted by molar-refractivity contribution is 7.98. The summed E-state index contributed by atoms with van der Waals surface area (Å²) in [5.41, 5.74) is 0.411. The smallest absolute Gasteiger partial charge is 0.339 e. The van der Waals surface area contributed by atoms with Gasteiger partial charge in [-0.25, -0.2) is 14.8 Å². The molecule has 0 fully saturated rings. The fourth-order valence-corrected chi connectivity index (χ4v) is 2.76. The Morgan fingerprint density at radius 1 is 1.17 bits per heavy atom. The molecule has 6 nitrogen and oxygen atoms in total. The van der Waals surface area contributed by atoms with Gasteiger partial charge in [-0.2, -0.15) is 0 Å². The number of amides is 1. The highest BCUT2D eigenvalue weighted by atomic mass is 35.5. The molecular formula is C14H11Cl2N3O3S. The molecular weight excluding hydrogens is 361 g/mol. The number of esters is 1. The van der Waals surface area contributed by atoms with E-state index in [4.69, 9.17) is 23.2 Å². The fourth-order valence-electron chi connectivity index (χ4n) is 1.73. The summed E-state index contributed by atoms with van der Waals surface area (Å²) in [7, 11) is 1.25. The van der Waals surface area contributed by atoms with Gasteiger partial charge in [-0.1, -0.05) is 47.1 Å². The average molecular weight is 372 g/mol. The molecule has 0 aliphatic rings. The maximum Gasteiger partial charge on any atom is 0.339 e. The maximum atomic E-state index is 12.4.